The van der Waals surface area contributed by atoms with Gasteiger partial charge in [-0.2, -0.15) is 0 Å². The summed E-state index contributed by atoms with van der Waals surface area (Å²) in [7, 11) is 0. The molecule has 1 nitrogen and oxygen atoms in total. The van der Waals surface area contributed by atoms with Crippen LogP contribution in [0.5, 0.6) is 0 Å². The van der Waals surface area contributed by atoms with Gasteiger partial charge in [0.05, 0.1) is 8.67 Å². The number of benzene rings is 1. The maximum absolute atomic E-state index is 6.24. The van der Waals surface area contributed by atoms with Crippen molar-refractivity contribution in [2.24, 2.45) is 5.73 Å². The first-order valence-electron chi connectivity index (χ1n) is 5.93. The Hall–Kier alpha value is -0.540. The second-order valence-corrected chi connectivity index (χ2v) is 7.01. The molecule has 0 saturated heterocycles. The molecule has 0 aliphatic heterocycles. The second-order valence-electron chi connectivity index (χ2n) is 4.72. The molecule has 1 aromatic carbocycles. The van der Waals surface area contributed by atoms with Crippen molar-refractivity contribution in [1.29, 1.82) is 0 Å². The van der Waals surface area contributed by atoms with E-state index < -0.39 is 0 Å². The number of nitrogens with two attached hydrogens (primary N) is 1. The Morgan fingerprint density at radius 2 is 2.11 bits per heavy atom. The van der Waals surface area contributed by atoms with Gasteiger partial charge < -0.3 is 5.73 Å². The minimum Gasteiger partial charge on any atom is -0.324 e. The van der Waals surface area contributed by atoms with Crippen LogP contribution in [0.25, 0.3) is 0 Å². The van der Waals surface area contributed by atoms with Gasteiger partial charge in [-0.15, -0.1) is 11.3 Å². The van der Waals surface area contributed by atoms with Crippen LogP contribution in [0.4, 0.5) is 0 Å². The molecule has 0 fully saturated rings. The highest BCUT2D eigenvalue weighted by Crippen LogP contribution is 2.42. The lowest BCUT2D eigenvalue weighted by Gasteiger charge is -2.32. The fraction of sp³-hybridized carbons (Fsp3) is 0.286. The molecule has 94 valence electrons. The van der Waals surface area contributed by atoms with E-state index in [1.165, 1.54) is 22.5 Å². The van der Waals surface area contributed by atoms with Crippen LogP contribution in [0.15, 0.2) is 30.3 Å². The van der Waals surface area contributed by atoms with Crippen molar-refractivity contribution in [3.05, 3.63) is 55.7 Å². The van der Waals surface area contributed by atoms with Crippen LogP contribution in [-0.4, -0.2) is 0 Å². The van der Waals surface area contributed by atoms with Crippen LogP contribution < -0.4 is 5.73 Å². The molecule has 2 aromatic rings. The molecule has 2 unspecified atom stereocenters. The van der Waals surface area contributed by atoms with Gasteiger partial charge in [-0.3, -0.25) is 0 Å². The van der Waals surface area contributed by atoms with E-state index >= 15 is 0 Å². The number of hydrogen-bond acceptors (Lipinski definition) is 2. The standard InChI is InChI=1S/C14H13Cl2NS/c15-13-7-11(14(16)18-13)12(17)6-9-5-8-3-1-2-4-10(8)9/h1-4,7,9,12H,5-6,17H2. The van der Waals surface area contributed by atoms with E-state index in [9.17, 15) is 0 Å². The van der Waals surface area contributed by atoms with Crippen LogP contribution in [-0.2, 0) is 6.42 Å². The van der Waals surface area contributed by atoms with E-state index in [1.807, 2.05) is 6.07 Å². The SMILES string of the molecule is NC(CC1Cc2ccccc21)c1cc(Cl)sc1Cl. The van der Waals surface area contributed by atoms with E-state index in [0.717, 1.165) is 22.7 Å². The molecule has 0 bridgehead atoms. The van der Waals surface area contributed by atoms with Crippen LogP contribution in [0.2, 0.25) is 8.67 Å². The van der Waals surface area contributed by atoms with Crippen LogP contribution >= 0.6 is 34.5 Å². The zero-order chi connectivity index (χ0) is 12.7. The van der Waals surface area contributed by atoms with Crippen molar-refractivity contribution in [3.8, 4) is 0 Å². The highest BCUT2D eigenvalue weighted by Gasteiger charge is 2.28. The first kappa shape index (κ1) is 12.5. The van der Waals surface area contributed by atoms with Gasteiger partial charge in [0.2, 0.25) is 0 Å². The third-order valence-corrected chi connectivity index (χ3v) is 5.10. The maximum Gasteiger partial charge on any atom is 0.0991 e. The zero-order valence-corrected chi connectivity index (χ0v) is 12.0. The normalized spacial score (nSPS) is 19.2. The Labute approximate surface area is 121 Å². The lowest BCUT2D eigenvalue weighted by atomic mass is 9.74. The predicted octanol–water partition coefficient (Wildman–Crippen LogP) is 4.78. The van der Waals surface area contributed by atoms with Gasteiger partial charge in [-0.05, 0) is 41.5 Å². The van der Waals surface area contributed by atoms with Gasteiger partial charge in [0, 0.05) is 6.04 Å². The fourth-order valence-corrected chi connectivity index (χ4v) is 4.21. The van der Waals surface area contributed by atoms with Crippen molar-refractivity contribution < 1.29 is 0 Å². The lowest BCUT2D eigenvalue weighted by molar-refractivity contribution is 0.499. The molecule has 0 radical (unpaired) electrons. The van der Waals surface area contributed by atoms with Crippen LogP contribution in [0.1, 0.15) is 35.1 Å². The third-order valence-electron chi connectivity index (χ3n) is 3.58. The number of hydrogen-bond donors (Lipinski definition) is 1. The summed E-state index contributed by atoms with van der Waals surface area (Å²) in [4.78, 5) is 0. The smallest absolute Gasteiger partial charge is 0.0991 e. The number of halogens is 2. The van der Waals surface area contributed by atoms with E-state index in [2.05, 4.69) is 24.3 Å². The molecule has 3 rings (SSSR count). The van der Waals surface area contributed by atoms with E-state index in [4.69, 9.17) is 28.9 Å². The summed E-state index contributed by atoms with van der Waals surface area (Å²) >= 11 is 13.5. The van der Waals surface area contributed by atoms with Crippen molar-refractivity contribution in [2.45, 2.75) is 24.8 Å². The molecule has 2 N–H and O–H groups in total. The summed E-state index contributed by atoms with van der Waals surface area (Å²) in [5, 5.41) is 0. The third kappa shape index (κ3) is 2.19. The highest BCUT2D eigenvalue weighted by atomic mass is 35.5. The topological polar surface area (TPSA) is 26.0 Å². The Bertz CT molecular complexity index is 579. The molecule has 0 spiro atoms. The quantitative estimate of drug-likeness (QED) is 0.866. The van der Waals surface area contributed by atoms with Crippen LogP contribution in [0, 0.1) is 0 Å². The molecular formula is C14H13Cl2NS. The Balaban J connectivity index is 1.74. The molecule has 2 atom stereocenters. The van der Waals surface area contributed by atoms with Gasteiger partial charge in [0.15, 0.2) is 0 Å². The second kappa shape index (κ2) is 4.86. The van der Waals surface area contributed by atoms with Gasteiger partial charge in [0.25, 0.3) is 0 Å². The minimum absolute atomic E-state index is 0.0281. The van der Waals surface area contributed by atoms with Crippen molar-refractivity contribution in [3.63, 3.8) is 0 Å². The van der Waals surface area contributed by atoms with Gasteiger partial charge in [-0.25, -0.2) is 0 Å². The Morgan fingerprint density at radius 3 is 2.78 bits per heavy atom. The van der Waals surface area contributed by atoms with Gasteiger partial charge >= 0.3 is 0 Å². The van der Waals surface area contributed by atoms with Crippen molar-refractivity contribution >= 4 is 34.5 Å². The summed E-state index contributed by atoms with van der Waals surface area (Å²) in [6.45, 7) is 0. The monoisotopic (exact) mass is 297 g/mol. The van der Waals surface area contributed by atoms with E-state index in [-0.39, 0.29) is 6.04 Å². The van der Waals surface area contributed by atoms with Gasteiger partial charge in [-0.1, -0.05) is 47.5 Å². The average Bonchev–Trinajstić information content (AvgIpc) is 2.65. The Kier molecular flexibility index (Phi) is 3.37. The predicted molar refractivity (Wildman–Crippen MR) is 78.8 cm³/mol. The average molecular weight is 298 g/mol. The number of thiophene rings is 1. The van der Waals surface area contributed by atoms with Crippen LogP contribution in [0.3, 0.4) is 0 Å². The first-order valence-corrected chi connectivity index (χ1v) is 7.50. The molecule has 0 saturated carbocycles. The molecule has 0 amide bonds. The van der Waals surface area contributed by atoms with E-state index in [0.29, 0.717) is 10.3 Å². The summed E-state index contributed by atoms with van der Waals surface area (Å²) in [5.41, 5.74) is 10.1. The number of fused-ring (bicyclic) bond motifs is 1. The van der Waals surface area contributed by atoms with Crippen molar-refractivity contribution in [2.75, 3.05) is 0 Å². The molecule has 1 aliphatic rings. The molecule has 1 aromatic heterocycles. The summed E-state index contributed by atoms with van der Waals surface area (Å²) in [6.07, 6.45) is 2.06. The van der Waals surface area contributed by atoms with Gasteiger partial charge in [0.1, 0.15) is 0 Å². The number of rotatable bonds is 3. The summed E-state index contributed by atoms with van der Waals surface area (Å²) in [5.74, 6) is 0.561. The summed E-state index contributed by atoms with van der Waals surface area (Å²) < 4.78 is 1.43. The minimum atomic E-state index is -0.0281. The zero-order valence-electron chi connectivity index (χ0n) is 9.70. The highest BCUT2D eigenvalue weighted by molar-refractivity contribution is 7.20. The molecule has 18 heavy (non-hydrogen) atoms. The maximum atomic E-state index is 6.24. The lowest BCUT2D eigenvalue weighted by Crippen LogP contribution is -2.22. The van der Waals surface area contributed by atoms with Crippen molar-refractivity contribution in [1.82, 2.24) is 0 Å². The molecule has 1 heterocycles. The fourth-order valence-electron chi connectivity index (χ4n) is 2.61. The summed E-state index contributed by atoms with van der Waals surface area (Å²) in [6, 6.07) is 10.4. The molecule has 1 aliphatic carbocycles. The first-order chi connectivity index (χ1) is 8.65. The Morgan fingerprint density at radius 1 is 1.33 bits per heavy atom. The molecular weight excluding hydrogens is 285 g/mol. The largest absolute Gasteiger partial charge is 0.324 e. The molecule has 4 heteroatoms. The van der Waals surface area contributed by atoms with E-state index in [1.54, 1.807) is 0 Å².